The minimum absolute atomic E-state index is 0.0993. The maximum atomic E-state index is 12.9. The fourth-order valence-electron chi connectivity index (χ4n) is 3.17. The number of aliphatic imine (C=N–C) groups is 1. The highest BCUT2D eigenvalue weighted by atomic mass is 19.1. The van der Waals surface area contributed by atoms with Crippen molar-refractivity contribution in [3.63, 3.8) is 0 Å². The lowest BCUT2D eigenvalue weighted by atomic mass is 9.96. The Balaban J connectivity index is 1.48. The second kappa shape index (κ2) is 10.0. The van der Waals surface area contributed by atoms with E-state index in [-0.39, 0.29) is 19.0 Å². The van der Waals surface area contributed by atoms with Crippen molar-refractivity contribution < 1.29 is 14.2 Å². The number of likely N-dealkylation sites (tertiary alicyclic amines) is 1. The highest BCUT2D eigenvalue weighted by Crippen LogP contribution is 2.24. The maximum Gasteiger partial charge on any atom is 0.194 e. The van der Waals surface area contributed by atoms with Gasteiger partial charge in [0.05, 0.1) is 6.54 Å². The van der Waals surface area contributed by atoms with Crippen molar-refractivity contribution in [2.24, 2.45) is 4.99 Å². The van der Waals surface area contributed by atoms with Gasteiger partial charge in [0.25, 0.3) is 0 Å². The number of hydrogen-bond acceptors (Lipinski definition) is 5. The van der Waals surface area contributed by atoms with Crippen molar-refractivity contribution in [2.75, 3.05) is 32.8 Å². The zero-order valence-corrected chi connectivity index (χ0v) is 16.0. The summed E-state index contributed by atoms with van der Waals surface area (Å²) in [6, 6.07) is 5.72. The number of guanidine groups is 1. The number of benzene rings is 1. The third-order valence-corrected chi connectivity index (χ3v) is 4.66. The minimum atomic E-state index is -0.745. The Morgan fingerprint density at radius 1 is 1.39 bits per heavy atom. The molecule has 3 rings (SSSR count). The molecular formula is C19H27FN6O2. The molecule has 2 aromatic rings. The molecule has 1 aromatic heterocycles. The van der Waals surface area contributed by atoms with Crippen molar-refractivity contribution in [2.45, 2.75) is 31.8 Å². The van der Waals surface area contributed by atoms with Crippen LogP contribution in [0.25, 0.3) is 0 Å². The SMILES string of the molecule is CCNC(=NCC(O)COc1ccc(F)cc1)N1CCC(c2ncn[nH]2)CC1. The monoisotopic (exact) mass is 390 g/mol. The Hall–Kier alpha value is -2.68. The van der Waals surface area contributed by atoms with Crippen LogP contribution in [0.15, 0.2) is 35.6 Å². The number of aromatic nitrogens is 3. The number of halogens is 1. The van der Waals surface area contributed by atoms with E-state index in [1.165, 1.54) is 24.3 Å². The summed E-state index contributed by atoms with van der Waals surface area (Å²) in [5, 5.41) is 20.3. The molecule has 9 heteroatoms. The van der Waals surface area contributed by atoms with E-state index >= 15 is 0 Å². The number of rotatable bonds is 7. The van der Waals surface area contributed by atoms with Crippen LogP contribution in [0.4, 0.5) is 4.39 Å². The molecule has 0 spiro atoms. The number of aliphatic hydroxyl groups is 1. The van der Waals surface area contributed by atoms with Gasteiger partial charge in [-0.2, -0.15) is 5.10 Å². The largest absolute Gasteiger partial charge is 0.491 e. The van der Waals surface area contributed by atoms with Gasteiger partial charge in [-0.15, -0.1) is 0 Å². The molecule has 0 bridgehead atoms. The molecule has 1 saturated heterocycles. The van der Waals surface area contributed by atoms with Gasteiger partial charge in [-0.1, -0.05) is 0 Å². The standard InChI is InChI=1S/C19H27FN6O2/c1-2-21-19(26-9-7-14(8-10-26)18-23-13-24-25-18)22-11-16(27)12-28-17-5-3-15(20)4-6-17/h3-6,13-14,16,27H,2,7-12H2,1H3,(H,21,22)(H,23,24,25). The average molecular weight is 390 g/mol. The lowest BCUT2D eigenvalue weighted by molar-refractivity contribution is 0.114. The first-order valence-corrected chi connectivity index (χ1v) is 9.60. The smallest absolute Gasteiger partial charge is 0.194 e. The lowest BCUT2D eigenvalue weighted by Gasteiger charge is -2.33. The number of aromatic amines is 1. The van der Waals surface area contributed by atoms with E-state index in [9.17, 15) is 9.50 Å². The maximum absolute atomic E-state index is 12.9. The van der Waals surface area contributed by atoms with Gasteiger partial charge in [-0.05, 0) is 44.0 Å². The van der Waals surface area contributed by atoms with Crippen LogP contribution in [0.5, 0.6) is 5.75 Å². The van der Waals surface area contributed by atoms with Gasteiger partial charge >= 0.3 is 0 Å². The molecule has 1 fully saturated rings. The van der Waals surface area contributed by atoms with E-state index < -0.39 is 6.10 Å². The normalized spacial score (nSPS) is 16.8. The second-order valence-corrected chi connectivity index (χ2v) is 6.75. The van der Waals surface area contributed by atoms with Crippen molar-refractivity contribution in [1.82, 2.24) is 25.4 Å². The number of nitrogens with zero attached hydrogens (tertiary/aromatic N) is 4. The van der Waals surface area contributed by atoms with Crippen LogP contribution in [0.2, 0.25) is 0 Å². The van der Waals surface area contributed by atoms with Gasteiger partial charge in [0.2, 0.25) is 0 Å². The van der Waals surface area contributed by atoms with Crippen LogP contribution < -0.4 is 10.1 Å². The summed E-state index contributed by atoms with van der Waals surface area (Å²) >= 11 is 0. The number of ether oxygens (including phenoxy) is 1. The summed E-state index contributed by atoms with van der Waals surface area (Å²) < 4.78 is 18.4. The Labute approximate surface area is 163 Å². The molecule has 28 heavy (non-hydrogen) atoms. The first kappa shape index (κ1) is 20.1. The molecule has 3 N–H and O–H groups in total. The fraction of sp³-hybridized carbons (Fsp3) is 0.526. The van der Waals surface area contributed by atoms with Gasteiger partial charge in [0.1, 0.15) is 36.4 Å². The Kier molecular flexibility index (Phi) is 7.18. The van der Waals surface area contributed by atoms with Gasteiger partial charge in [0, 0.05) is 25.6 Å². The molecule has 0 radical (unpaired) electrons. The predicted molar refractivity (Wildman–Crippen MR) is 104 cm³/mol. The number of nitrogens with one attached hydrogen (secondary N) is 2. The lowest BCUT2D eigenvalue weighted by Crippen LogP contribution is -2.45. The van der Waals surface area contributed by atoms with Crippen LogP contribution in [-0.2, 0) is 0 Å². The van der Waals surface area contributed by atoms with Crippen molar-refractivity contribution in [3.05, 3.63) is 42.2 Å². The third kappa shape index (κ3) is 5.66. The molecule has 0 amide bonds. The summed E-state index contributed by atoms with van der Waals surface area (Å²) in [6.07, 6.45) is 2.74. The molecule has 1 aromatic carbocycles. The zero-order chi connectivity index (χ0) is 19.8. The Morgan fingerprint density at radius 2 is 2.14 bits per heavy atom. The molecule has 1 atom stereocenters. The first-order valence-electron chi connectivity index (χ1n) is 9.60. The Morgan fingerprint density at radius 3 is 2.79 bits per heavy atom. The molecule has 1 unspecified atom stereocenters. The molecule has 0 saturated carbocycles. The van der Waals surface area contributed by atoms with Crippen molar-refractivity contribution in [3.8, 4) is 5.75 Å². The van der Waals surface area contributed by atoms with Crippen molar-refractivity contribution >= 4 is 5.96 Å². The highest BCUT2D eigenvalue weighted by molar-refractivity contribution is 5.80. The molecule has 2 heterocycles. The summed E-state index contributed by atoms with van der Waals surface area (Å²) in [5.41, 5.74) is 0. The van der Waals surface area contributed by atoms with Gasteiger partial charge in [-0.25, -0.2) is 9.37 Å². The van der Waals surface area contributed by atoms with E-state index in [1.54, 1.807) is 6.33 Å². The minimum Gasteiger partial charge on any atom is -0.491 e. The molecule has 0 aliphatic carbocycles. The van der Waals surface area contributed by atoms with Crippen LogP contribution in [0.1, 0.15) is 31.5 Å². The number of piperidine rings is 1. The quantitative estimate of drug-likeness (QED) is 0.490. The summed E-state index contributed by atoms with van der Waals surface area (Å²) in [7, 11) is 0. The molecule has 1 aliphatic rings. The Bertz CT molecular complexity index is 729. The molecule has 152 valence electrons. The van der Waals surface area contributed by atoms with E-state index in [0.717, 1.165) is 44.3 Å². The van der Waals surface area contributed by atoms with E-state index in [1.807, 2.05) is 6.92 Å². The van der Waals surface area contributed by atoms with E-state index in [0.29, 0.717) is 11.7 Å². The van der Waals surface area contributed by atoms with Crippen LogP contribution in [-0.4, -0.2) is 70.0 Å². The highest BCUT2D eigenvalue weighted by Gasteiger charge is 2.24. The topological polar surface area (TPSA) is 98.7 Å². The van der Waals surface area contributed by atoms with Crippen LogP contribution in [0.3, 0.4) is 0 Å². The average Bonchev–Trinajstić information content (AvgIpc) is 3.26. The zero-order valence-electron chi connectivity index (χ0n) is 16.0. The van der Waals surface area contributed by atoms with E-state index in [4.69, 9.17) is 4.74 Å². The molecule has 8 nitrogen and oxygen atoms in total. The van der Waals surface area contributed by atoms with E-state index in [2.05, 4.69) is 30.4 Å². The van der Waals surface area contributed by atoms with Crippen LogP contribution >= 0.6 is 0 Å². The number of aliphatic hydroxyl groups excluding tert-OH is 1. The second-order valence-electron chi connectivity index (χ2n) is 6.75. The van der Waals surface area contributed by atoms with Gasteiger partial charge in [-0.3, -0.25) is 10.1 Å². The summed E-state index contributed by atoms with van der Waals surface area (Å²) in [5.74, 6) is 2.32. The van der Waals surface area contributed by atoms with Gasteiger partial charge in [0.15, 0.2) is 5.96 Å². The number of hydrogen-bond donors (Lipinski definition) is 3. The fourth-order valence-corrected chi connectivity index (χ4v) is 3.17. The predicted octanol–water partition coefficient (Wildman–Crippen LogP) is 1.53. The summed E-state index contributed by atoms with van der Waals surface area (Å²) in [6.45, 7) is 4.82. The number of H-pyrrole nitrogens is 1. The van der Waals surface area contributed by atoms with Gasteiger partial charge < -0.3 is 20.1 Å². The van der Waals surface area contributed by atoms with Crippen molar-refractivity contribution in [1.29, 1.82) is 0 Å². The molecular weight excluding hydrogens is 363 g/mol. The first-order chi connectivity index (χ1) is 13.7. The third-order valence-electron chi connectivity index (χ3n) is 4.66. The molecule has 1 aliphatic heterocycles. The summed E-state index contributed by atoms with van der Waals surface area (Å²) in [4.78, 5) is 11.0. The van der Waals surface area contributed by atoms with Crippen LogP contribution in [0, 0.1) is 5.82 Å².